The molecule has 1 aliphatic heterocycles. The molecule has 1 amide bonds. The summed E-state index contributed by atoms with van der Waals surface area (Å²) < 4.78 is 0. The van der Waals surface area contributed by atoms with Crippen LogP contribution in [0.15, 0.2) is 0 Å². The van der Waals surface area contributed by atoms with Crippen LogP contribution < -0.4 is 5.11 Å². The Morgan fingerprint density at radius 3 is 2.16 bits per heavy atom. The van der Waals surface area contributed by atoms with Crippen LogP contribution in [0.1, 0.15) is 52.9 Å². The third-order valence-corrected chi connectivity index (χ3v) is 5.64. The van der Waals surface area contributed by atoms with Gasteiger partial charge in [-0.25, -0.2) is 0 Å². The second-order valence-electron chi connectivity index (χ2n) is 6.82. The van der Waals surface area contributed by atoms with Gasteiger partial charge in [-0.2, -0.15) is 0 Å². The Hall–Kier alpha value is -1.06. The Labute approximate surface area is 115 Å². The number of carboxylic acid groups (broad SMARTS) is 1. The number of carbonyl (C=O) groups excluding carboxylic acids is 2. The Bertz CT molecular complexity index is 385. The summed E-state index contributed by atoms with van der Waals surface area (Å²) in [4.78, 5) is 26.0. The fourth-order valence-corrected chi connectivity index (χ4v) is 3.63. The van der Waals surface area contributed by atoms with Crippen molar-refractivity contribution >= 4 is 11.9 Å². The molecule has 1 saturated carbocycles. The van der Waals surface area contributed by atoms with Crippen molar-refractivity contribution < 1.29 is 14.7 Å². The first-order valence-electron chi connectivity index (χ1n) is 7.31. The zero-order chi connectivity index (χ0) is 14.3. The van der Waals surface area contributed by atoms with Crippen molar-refractivity contribution in [1.82, 2.24) is 4.90 Å². The van der Waals surface area contributed by atoms with E-state index in [1.165, 1.54) is 6.42 Å². The Kier molecular flexibility index (Phi) is 3.63. The zero-order valence-electron chi connectivity index (χ0n) is 12.2. The molecule has 2 aliphatic rings. The van der Waals surface area contributed by atoms with E-state index in [4.69, 9.17) is 0 Å². The Morgan fingerprint density at radius 1 is 1.11 bits per heavy atom. The molecule has 1 heterocycles. The lowest BCUT2D eigenvalue weighted by molar-refractivity contribution is -0.323. The Balaban J connectivity index is 2.17. The third kappa shape index (κ3) is 2.15. The maximum atomic E-state index is 12.6. The van der Waals surface area contributed by atoms with E-state index in [1.807, 2.05) is 18.7 Å². The average molecular weight is 266 g/mol. The van der Waals surface area contributed by atoms with E-state index >= 15 is 0 Å². The van der Waals surface area contributed by atoms with E-state index in [2.05, 4.69) is 0 Å². The van der Waals surface area contributed by atoms with Crippen LogP contribution in [-0.4, -0.2) is 29.9 Å². The van der Waals surface area contributed by atoms with Crippen LogP contribution in [0.2, 0.25) is 0 Å². The predicted molar refractivity (Wildman–Crippen MR) is 70.1 cm³/mol. The van der Waals surface area contributed by atoms with Crippen LogP contribution in [0.5, 0.6) is 0 Å². The lowest BCUT2D eigenvalue weighted by atomic mass is 9.65. The first-order valence-corrected chi connectivity index (χ1v) is 7.31. The van der Waals surface area contributed by atoms with Crippen LogP contribution in [0.25, 0.3) is 0 Å². The van der Waals surface area contributed by atoms with Gasteiger partial charge in [-0.15, -0.1) is 0 Å². The van der Waals surface area contributed by atoms with Gasteiger partial charge in [-0.1, -0.05) is 20.8 Å². The van der Waals surface area contributed by atoms with Gasteiger partial charge in [0, 0.05) is 30.4 Å². The van der Waals surface area contributed by atoms with Gasteiger partial charge >= 0.3 is 0 Å². The van der Waals surface area contributed by atoms with Gasteiger partial charge in [0.1, 0.15) is 0 Å². The topological polar surface area (TPSA) is 60.4 Å². The number of amides is 1. The van der Waals surface area contributed by atoms with E-state index in [0.29, 0.717) is 12.8 Å². The molecule has 0 bridgehead atoms. The molecular formula is C15H24NO3-. The van der Waals surface area contributed by atoms with Crippen molar-refractivity contribution in [1.29, 1.82) is 0 Å². The van der Waals surface area contributed by atoms with Gasteiger partial charge in [0.05, 0.1) is 0 Å². The first-order chi connectivity index (χ1) is 8.80. The van der Waals surface area contributed by atoms with Crippen LogP contribution >= 0.6 is 0 Å². The number of hydrogen-bond donors (Lipinski definition) is 0. The van der Waals surface area contributed by atoms with Gasteiger partial charge in [-0.05, 0) is 37.5 Å². The molecule has 2 rings (SSSR count). The van der Waals surface area contributed by atoms with E-state index in [-0.39, 0.29) is 11.8 Å². The van der Waals surface area contributed by atoms with Crippen LogP contribution in [0, 0.1) is 16.7 Å². The summed E-state index contributed by atoms with van der Waals surface area (Å²) in [6.45, 7) is 7.19. The summed E-state index contributed by atoms with van der Waals surface area (Å²) in [6, 6.07) is 0. The second kappa shape index (κ2) is 4.80. The molecule has 0 N–H and O–H groups in total. The first kappa shape index (κ1) is 14.4. The second-order valence-corrected chi connectivity index (χ2v) is 6.82. The van der Waals surface area contributed by atoms with E-state index in [0.717, 1.165) is 25.9 Å². The molecule has 0 radical (unpaired) electrons. The monoisotopic (exact) mass is 266 g/mol. The highest BCUT2D eigenvalue weighted by Crippen LogP contribution is 2.56. The lowest BCUT2D eigenvalue weighted by Crippen LogP contribution is -2.51. The van der Waals surface area contributed by atoms with Gasteiger partial charge in [0.2, 0.25) is 5.91 Å². The van der Waals surface area contributed by atoms with Gasteiger partial charge in [-0.3, -0.25) is 4.79 Å². The molecule has 19 heavy (non-hydrogen) atoms. The van der Waals surface area contributed by atoms with Crippen molar-refractivity contribution in [3.8, 4) is 0 Å². The molecule has 0 aromatic heterocycles. The number of aliphatic carboxylic acids is 1. The van der Waals surface area contributed by atoms with Crippen LogP contribution in [-0.2, 0) is 9.59 Å². The zero-order valence-corrected chi connectivity index (χ0v) is 12.2. The van der Waals surface area contributed by atoms with E-state index < -0.39 is 16.8 Å². The minimum Gasteiger partial charge on any atom is -0.550 e. The third-order valence-electron chi connectivity index (χ3n) is 5.64. The number of hydrogen-bond acceptors (Lipinski definition) is 3. The molecule has 2 atom stereocenters. The molecule has 0 unspecified atom stereocenters. The number of rotatable bonds is 2. The molecule has 0 spiro atoms. The number of carbonyl (C=O) groups is 2. The molecule has 1 saturated heterocycles. The van der Waals surface area contributed by atoms with Crippen molar-refractivity contribution in [2.45, 2.75) is 52.9 Å². The number of piperidine rings is 1. The highest BCUT2D eigenvalue weighted by Gasteiger charge is 2.55. The summed E-state index contributed by atoms with van der Waals surface area (Å²) in [6.07, 6.45) is 4.52. The standard InChI is InChI=1S/C15H25NO3/c1-14(2)11(7-8-15(14,3)13(18)19)12(17)16-9-5-4-6-10-16/h11H,4-10H2,1-3H3,(H,18,19)/p-1/t11-,15+/m0/s1. The number of likely N-dealkylation sites (tertiary alicyclic amines) is 1. The summed E-state index contributed by atoms with van der Waals surface area (Å²) in [5.41, 5.74) is -1.44. The van der Waals surface area contributed by atoms with Crippen molar-refractivity contribution in [3.05, 3.63) is 0 Å². The molecule has 4 heteroatoms. The van der Waals surface area contributed by atoms with Gasteiger partial charge < -0.3 is 14.8 Å². The SMILES string of the molecule is CC1(C)[C@H](C(=O)N2CCCCC2)CC[C@]1(C)C(=O)[O-]. The molecule has 2 fully saturated rings. The highest BCUT2D eigenvalue weighted by atomic mass is 16.4. The van der Waals surface area contributed by atoms with E-state index in [9.17, 15) is 14.7 Å². The smallest absolute Gasteiger partial charge is 0.226 e. The fraction of sp³-hybridized carbons (Fsp3) is 0.867. The summed E-state index contributed by atoms with van der Waals surface area (Å²) in [5, 5.41) is 11.4. The number of carboxylic acids is 1. The predicted octanol–water partition coefficient (Wildman–Crippen LogP) is 1.19. The quantitative estimate of drug-likeness (QED) is 0.754. The Morgan fingerprint density at radius 2 is 1.68 bits per heavy atom. The van der Waals surface area contributed by atoms with Crippen molar-refractivity contribution in [2.24, 2.45) is 16.7 Å². The molecule has 1 aliphatic carbocycles. The number of nitrogens with zero attached hydrogens (tertiary/aromatic N) is 1. The fourth-order valence-electron chi connectivity index (χ4n) is 3.63. The molecular weight excluding hydrogens is 242 g/mol. The minimum atomic E-state index is -1.02. The summed E-state index contributed by atoms with van der Waals surface area (Å²) >= 11 is 0. The minimum absolute atomic E-state index is 0.148. The van der Waals surface area contributed by atoms with E-state index in [1.54, 1.807) is 6.92 Å². The highest BCUT2D eigenvalue weighted by molar-refractivity contribution is 5.83. The summed E-state index contributed by atoms with van der Waals surface area (Å²) in [7, 11) is 0. The van der Waals surface area contributed by atoms with Crippen LogP contribution in [0.3, 0.4) is 0 Å². The normalized spacial score (nSPS) is 34.3. The van der Waals surface area contributed by atoms with Gasteiger partial charge in [0.25, 0.3) is 0 Å². The van der Waals surface area contributed by atoms with Crippen molar-refractivity contribution in [3.63, 3.8) is 0 Å². The van der Waals surface area contributed by atoms with Crippen LogP contribution in [0.4, 0.5) is 0 Å². The average Bonchev–Trinajstić information content (AvgIpc) is 2.62. The van der Waals surface area contributed by atoms with Gasteiger partial charge in [0.15, 0.2) is 0 Å². The molecule has 108 valence electrons. The lowest BCUT2D eigenvalue weighted by Gasteiger charge is -2.43. The molecule has 0 aromatic carbocycles. The summed E-state index contributed by atoms with van der Waals surface area (Å²) in [5.74, 6) is -1.06. The molecule has 4 nitrogen and oxygen atoms in total. The molecule has 0 aromatic rings. The largest absolute Gasteiger partial charge is 0.550 e. The maximum Gasteiger partial charge on any atom is 0.226 e. The maximum absolute atomic E-state index is 12.6. The van der Waals surface area contributed by atoms with Crippen molar-refractivity contribution in [2.75, 3.05) is 13.1 Å².